The lowest BCUT2D eigenvalue weighted by Gasteiger charge is -2.26. The van der Waals surface area contributed by atoms with Crippen LogP contribution in [0.3, 0.4) is 0 Å². The van der Waals surface area contributed by atoms with Gasteiger partial charge in [0.15, 0.2) is 0 Å². The van der Waals surface area contributed by atoms with Crippen molar-refractivity contribution >= 4 is 11.6 Å². The summed E-state index contributed by atoms with van der Waals surface area (Å²) in [5.41, 5.74) is 2.01. The first-order valence-corrected chi connectivity index (χ1v) is 6.92. The van der Waals surface area contributed by atoms with E-state index in [4.69, 9.17) is 11.6 Å². The summed E-state index contributed by atoms with van der Waals surface area (Å²) in [5, 5.41) is 0. The van der Waals surface area contributed by atoms with Crippen LogP contribution in [0.2, 0.25) is 0 Å². The van der Waals surface area contributed by atoms with E-state index in [1.807, 2.05) is 13.1 Å². The number of likely N-dealkylation sites (N-methyl/N-ethyl adjacent to an activating group) is 2. The summed E-state index contributed by atoms with van der Waals surface area (Å²) in [6.07, 6.45) is 3.08. The van der Waals surface area contributed by atoms with E-state index in [9.17, 15) is 0 Å². The van der Waals surface area contributed by atoms with Crippen LogP contribution in [0.15, 0.2) is 6.20 Å². The number of nitrogens with zero attached hydrogens (tertiary/aromatic N) is 4. The molecule has 1 saturated heterocycles. The summed E-state index contributed by atoms with van der Waals surface area (Å²) < 4.78 is 0. The fourth-order valence-corrected chi connectivity index (χ4v) is 2.61. The molecule has 1 aliphatic heterocycles. The van der Waals surface area contributed by atoms with E-state index in [2.05, 4.69) is 33.9 Å². The molecule has 1 aromatic rings. The van der Waals surface area contributed by atoms with E-state index in [0.29, 0.717) is 5.88 Å². The Morgan fingerprint density at radius 1 is 1.39 bits per heavy atom. The molecule has 100 valence electrons. The predicted octanol–water partition coefficient (Wildman–Crippen LogP) is 1.83. The number of alkyl halides is 1. The zero-order chi connectivity index (χ0) is 13.1. The van der Waals surface area contributed by atoms with Crippen LogP contribution in [-0.4, -0.2) is 53.5 Å². The normalized spacial score (nSPS) is 23.0. The van der Waals surface area contributed by atoms with Gasteiger partial charge in [0.25, 0.3) is 0 Å². The molecular formula is C13H21ClN4. The van der Waals surface area contributed by atoms with Crippen LogP contribution < -0.4 is 0 Å². The standard InChI is InChI=1S/C13H21ClN4/c1-10-8-15-13(16-11(10)7-14)12-9-17(2)5-4-6-18(12)3/h8,12H,4-7,9H2,1-3H3. The van der Waals surface area contributed by atoms with Gasteiger partial charge in [0.1, 0.15) is 5.82 Å². The highest BCUT2D eigenvalue weighted by molar-refractivity contribution is 6.16. The van der Waals surface area contributed by atoms with Gasteiger partial charge in [0, 0.05) is 12.7 Å². The smallest absolute Gasteiger partial charge is 0.147 e. The maximum Gasteiger partial charge on any atom is 0.147 e. The molecule has 0 radical (unpaired) electrons. The first-order chi connectivity index (χ1) is 8.61. The van der Waals surface area contributed by atoms with Crippen molar-refractivity contribution in [3.63, 3.8) is 0 Å². The first-order valence-electron chi connectivity index (χ1n) is 6.39. The minimum Gasteiger partial charge on any atom is -0.304 e. The summed E-state index contributed by atoms with van der Waals surface area (Å²) in [6, 6.07) is 0.264. The Bertz CT molecular complexity index is 410. The lowest BCUT2D eigenvalue weighted by Crippen LogP contribution is -2.32. The quantitative estimate of drug-likeness (QED) is 0.766. The van der Waals surface area contributed by atoms with Crippen LogP contribution in [0.4, 0.5) is 0 Å². The largest absolute Gasteiger partial charge is 0.304 e. The Morgan fingerprint density at radius 3 is 2.89 bits per heavy atom. The van der Waals surface area contributed by atoms with Crippen LogP contribution in [0.1, 0.15) is 29.5 Å². The van der Waals surface area contributed by atoms with Crippen molar-refractivity contribution in [3.8, 4) is 0 Å². The fourth-order valence-electron chi connectivity index (χ4n) is 2.34. The highest BCUT2D eigenvalue weighted by Crippen LogP contribution is 2.21. The molecule has 2 rings (SSSR count). The van der Waals surface area contributed by atoms with Gasteiger partial charge in [-0.15, -0.1) is 11.6 Å². The first kappa shape index (κ1) is 13.7. The molecule has 0 aromatic carbocycles. The summed E-state index contributed by atoms with van der Waals surface area (Å²) in [5.74, 6) is 1.35. The third kappa shape index (κ3) is 2.99. The van der Waals surface area contributed by atoms with Crippen LogP contribution in [-0.2, 0) is 5.88 Å². The van der Waals surface area contributed by atoms with E-state index >= 15 is 0 Å². The second-order valence-corrected chi connectivity index (χ2v) is 5.37. The number of halogens is 1. The van der Waals surface area contributed by atoms with Crippen molar-refractivity contribution in [2.75, 3.05) is 33.7 Å². The Kier molecular flexibility index (Phi) is 4.54. The second-order valence-electron chi connectivity index (χ2n) is 5.10. The maximum atomic E-state index is 5.93. The molecular weight excluding hydrogens is 248 g/mol. The highest BCUT2D eigenvalue weighted by atomic mass is 35.5. The van der Waals surface area contributed by atoms with E-state index in [-0.39, 0.29) is 6.04 Å². The molecule has 2 heterocycles. The van der Waals surface area contributed by atoms with Crippen molar-refractivity contribution in [2.45, 2.75) is 25.3 Å². The molecule has 1 atom stereocenters. The highest BCUT2D eigenvalue weighted by Gasteiger charge is 2.24. The van der Waals surface area contributed by atoms with Gasteiger partial charge in [0.2, 0.25) is 0 Å². The lowest BCUT2D eigenvalue weighted by atomic mass is 10.2. The topological polar surface area (TPSA) is 32.3 Å². The Hall–Kier alpha value is -0.710. The van der Waals surface area contributed by atoms with E-state index in [1.165, 1.54) is 6.42 Å². The summed E-state index contributed by atoms with van der Waals surface area (Å²) in [6.45, 7) is 5.20. The minimum atomic E-state index is 0.264. The van der Waals surface area contributed by atoms with Gasteiger partial charge in [-0.25, -0.2) is 9.97 Å². The Labute approximate surface area is 114 Å². The molecule has 0 N–H and O–H groups in total. The van der Waals surface area contributed by atoms with Gasteiger partial charge in [-0.05, 0) is 46.1 Å². The van der Waals surface area contributed by atoms with E-state index in [0.717, 1.165) is 36.7 Å². The van der Waals surface area contributed by atoms with Gasteiger partial charge >= 0.3 is 0 Å². The van der Waals surface area contributed by atoms with Gasteiger partial charge in [-0.1, -0.05) is 0 Å². The SMILES string of the molecule is Cc1cnc(C2CN(C)CCCN2C)nc1CCl. The van der Waals surface area contributed by atoms with Crippen LogP contribution in [0.25, 0.3) is 0 Å². The molecule has 1 unspecified atom stereocenters. The van der Waals surface area contributed by atoms with Crippen molar-refractivity contribution < 1.29 is 0 Å². The molecule has 1 aromatic heterocycles. The number of aryl methyl sites for hydroxylation is 1. The predicted molar refractivity (Wildman–Crippen MR) is 73.8 cm³/mol. The number of hydrogen-bond donors (Lipinski definition) is 0. The van der Waals surface area contributed by atoms with Crippen molar-refractivity contribution in [1.82, 2.24) is 19.8 Å². The molecule has 5 heteroatoms. The fraction of sp³-hybridized carbons (Fsp3) is 0.692. The average molecular weight is 269 g/mol. The number of aromatic nitrogens is 2. The second kappa shape index (κ2) is 5.95. The summed E-state index contributed by atoms with van der Waals surface area (Å²) in [7, 11) is 4.30. The van der Waals surface area contributed by atoms with Gasteiger partial charge < -0.3 is 4.90 Å². The van der Waals surface area contributed by atoms with Crippen LogP contribution in [0, 0.1) is 6.92 Å². The lowest BCUT2D eigenvalue weighted by molar-refractivity contribution is 0.219. The molecule has 18 heavy (non-hydrogen) atoms. The molecule has 1 fully saturated rings. The molecule has 1 aliphatic rings. The van der Waals surface area contributed by atoms with Gasteiger partial charge in [0.05, 0.1) is 17.6 Å². The van der Waals surface area contributed by atoms with Crippen molar-refractivity contribution in [2.24, 2.45) is 0 Å². The van der Waals surface area contributed by atoms with Gasteiger partial charge in [-0.3, -0.25) is 4.90 Å². The monoisotopic (exact) mass is 268 g/mol. The molecule has 0 amide bonds. The Balaban J connectivity index is 2.27. The summed E-state index contributed by atoms with van der Waals surface area (Å²) >= 11 is 5.93. The molecule has 0 spiro atoms. The maximum absolute atomic E-state index is 5.93. The van der Waals surface area contributed by atoms with Crippen LogP contribution >= 0.6 is 11.6 Å². The van der Waals surface area contributed by atoms with Crippen molar-refractivity contribution in [3.05, 3.63) is 23.3 Å². The van der Waals surface area contributed by atoms with Crippen LogP contribution in [0.5, 0.6) is 0 Å². The van der Waals surface area contributed by atoms with Gasteiger partial charge in [-0.2, -0.15) is 0 Å². The zero-order valence-corrected chi connectivity index (χ0v) is 12.1. The number of rotatable bonds is 2. The number of hydrogen-bond acceptors (Lipinski definition) is 4. The van der Waals surface area contributed by atoms with E-state index < -0.39 is 0 Å². The molecule has 0 aliphatic carbocycles. The zero-order valence-electron chi connectivity index (χ0n) is 11.4. The average Bonchev–Trinajstić information content (AvgIpc) is 2.52. The third-order valence-corrected chi connectivity index (χ3v) is 3.84. The van der Waals surface area contributed by atoms with E-state index in [1.54, 1.807) is 0 Å². The molecule has 4 nitrogen and oxygen atoms in total. The Morgan fingerprint density at radius 2 is 2.17 bits per heavy atom. The molecule has 0 bridgehead atoms. The van der Waals surface area contributed by atoms with Crippen molar-refractivity contribution in [1.29, 1.82) is 0 Å². The third-order valence-electron chi connectivity index (χ3n) is 3.59. The minimum absolute atomic E-state index is 0.264. The summed E-state index contributed by atoms with van der Waals surface area (Å²) in [4.78, 5) is 13.8. The molecule has 0 saturated carbocycles.